The molecule has 1 aliphatic rings. The molecular weight excluding hydrogens is 304 g/mol. The van der Waals surface area contributed by atoms with Gasteiger partial charge >= 0.3 is 0 Å². The molecule has 1 aromatic carbocycles. The smallest absolute Gasteiger partial charge is 0.210 e. The van der Waals surface area contributed by atoms with Crippen LogP contribution in [0, 0.1) is 0 Å². The van der Waals surface area contributed by atoms with E-state index in [9.17, 15) is 10.2 Å². The molecular formula is C16H24O7. The minimum Gasteiger partial charge on any atom is -0.394 e. The van der Waals surface area contributed by atoms with Crippen LogP contribution in [-0.4, -0.2) is 68.5 Å². The molecule has 1 unspecified atom stereocenters. The van der Waals surface area contributed by atoms with E-state index in [1.807, 2.05) is 30.3 Å². The Morgan fingerprint density at radius 1 is 1.13 bits per heavy atom. The lowest BCUT2D eigenvalue weighted by atomic mass is 10.1. The molecule has 1 aromatic rings. The molecule has 1 fully saturated rings. The molecule has 2 N–H and O–H groups in total. The first-order valence-corrected chi connectivity index (χ1v) is 7.46. The van der Waals surface area contributed by atoms with Gasteiger partial charge in [-0.05, 0) is 5.56 Å². The number of aliphatic hydroxyl groups is 2. The molecule has 0 saturated carbocycles. The van der Waals surface area contributed by atoms with E-state index in [0.717, 1.165) is 5.56 Å². The van der Waals surface area contributed by atoms with Gasteiger partial charge in [0.05, 0.1) is 19.8 Å². The van der Waals surface area contributed by atoms with Crippen LogP contribution < -0.4 is 0 Å². The van der Waals surface area contributed by atoms with E-state index < -0.39 is 30.9 Å². The highest BCUT2D eigenvalue weighted by Gasteiger charge is 2.43. The summed E-state index contributed by atoms with van der Waals surface area (Å²) in [7, 11) is 2.92. The number of methoxy groups -OCH3 is 2. The topological polar surface area (TPSA) is 86.6 Å². The van der Waals surface area contributed by atoms with Gasteiger partial charge in [-0.15, -0.1) is 0 Å². The summed E-state index contributed by atoms with van der Waals surface area (Å²) in [4.78, 5) is 0. The number of aliphatic hydroxyl groups excluding tert-OH is 2. The third-order valence-electron chi connectivity index (χ3n) is 3.61. The van der Waals surface area contributed by atoms with Crippen molar-refractivity contribution in [1.29, 1.82) is 0 Å². The number of hydrogen-bond acceptors (Lipinski definition) is 7. The zero-order valence-corrected chi connectivity index (χ0v) is 13.3. The van der Waals surface area contributed by atoms with Gasteiger partial charge in [-0.25, -0.2) is 0 Å². The van der Waals surface area contributed by atoms with Gasteiger partial charge in [-0.2, -0.15) is 0 Å². The zero-order valence-electron chi connectivity index (χ0n) is 13.3. The van der Waals surface area contributed by atoms with Gasteiger partial charge in [0.1, 0.15) is 18.3 Å². The molecule has 1 saturated heterocycles. The second kappa shape index (κ2) is 9.29. The molecule has 7 nitrogen and oxygen atoms in total. The van der Waals surface area contributed by atoms with Crippen LogP contribution in [0.2, 0.25) is 0 Å². The summed E-state index contributed by atoms with van der Waals surface area (Å²) in [6.45, 7) is 0.172. The lowest BCUT2D eigenvalue weighted by molar-refractivity contribution is -0.242. The minimum absolute atomic E-state index is 0.0662. The molecule has 4 atom stereocenters. The molecule has 130 valence electrons. The average Bonchev–Trinajstić information content (AvgIpc) is 3.01. The summed E-state index contributed by atoms with van der Waals surface area (Å²) in [5.74, 6) is 0. The first kappa shape index (κ1) is 18.3. The highest BCUT2D eigenvalue weighted by molar-refractivity contribution is 5.13. The summed E-state index contributed by atoms with van der Waals surface area (Å²) in [6.07, 6.45) is -3.85. The molecule has 0 spiro atoms. The van der Waals surface area contributed by atoms with E-state index in [-0.39, 0.29) is 13.2 Å². The summed E-state index contributed by atoms with van der Waals surface area (Å²) in [6, 6.07) is 9.65. The van der Waals surface area contributed by atoms with E-state index in [2.05, 4.69) is 0 Å². The lowest BCUT2D eigenvalue weighted by Crippen LogP contribution is -2.40. The van der Waals surface area contributed by atoms with Gasteiger partial charge in [0.15, 0.2) is 0 Å². The second-order valence-electron chi connectivity index (χ2n) is 5.23. The van der Waals surface area contributed by atoms with Crippen LogP contribution in [0.5, 0.6) is 0 Å². The number of hydrogen-bond donors (Lipinski definition) is 2. The van der Waals surface area contributed by atoms with Gasteiger partial charge in [0.2, 0.25) is 12.6 Å². The quantitative estimate of drug-likeness (QED) is 0.630. The Kier molecular flexibility index (Phi) is 7.38. The summed E-state index contributed by atoms with van der Waals surface area (Å²) < 4.78 is 26.8. The van der Waals surface area contributed by atoms with Crippen LogP contribution in [0.15, 0.2) is 30.3 Å². The maximum atomic E-state index is 10.3. The van der Waals surface area contributed by atoms with E-state index in [1.165, 1.54) is 14.2 Å². The molecule has 0 aromatic heterocycles. The highest BCUT2D eigenvalue weighted by Crippen LogP contribution is 2.25. The Balaban J connectivity index is 1.83. The molecule has 0 aliphatic carbocycles. The Labute approximate surface area is 135 Å². The molecule has 1 heterocycles. The first-order valence-electron chi connectivity index (χ1n) is 7.46. The number of ether oxygens (including phenoxy) is 5. The van der Waals surface area contributed by atoms with Crippen molar-refractivity contribution in [3.05, 3.63) is 35.9 Å². The molecule has 0 amide bonds. The summed E-state index contributed by atoms with van der Waals surface area (Å²) in [5, 5.41) is 19.6. The van der Waals surface area contributed by atoms with Crippen molar-refractivity contribution in [3.63, 3.8) is 0 Å². The molecule has 1 aliphatic heterocycles. The third-order valence-corrected chi connectivity index (χ3v) is 3.61. The maximum Gasteiger partial charge on any atom is 0.210 e. The van der Waals surface area contributed by atoms with Crippen molar-refractivity contribution in [1.82, 2.24) is 0 Å². The lowest BCUT2D eigenvalue weighted by Gasteiger charge is -2.21. The van der Waals surface area contributed by atoms with E-state index >= 15 is 0 Å². The standard InChI is InChI=1S/C16H24O7/c1-19-15(20-2)16-22-13(8-17)14(23-16)12(18)10-21-9-11-6-4-3-5-7-11/h3-7,12-18H,8-10H2,1-2H3/t12-,13-,14+,16?/m0/s1. The van der Waals surface area contributed by atoms with Gasteiger partial charge in [-0.3, -0.25) is 0 Å². The van der Waals surface area contributed by atoms with Crippen molar-refractivity contribution < 1.29 is 33.9 Å². The number of benzene rings is 1. The second-order valence-corrected chi connectivity index (χ2v) is 5.23. The predicted octanol–water partition coefficient (Wildman–Crippen LogP) is 0.285. The van der Waals surface area contributed by atoms with Crippen molar-refractivity contribution in [2.75, 3.05) is 27.4 Å². The molecule has 23 heavy (non-hydrogen) atoms. The summed E-state index contributed by atoms with van der Waals surface area (Å²) >= 11 is 0. The van der Waals surface area contributed by atoms with Crippen molar-refractivity contribution in [3.8, 4) is 0 Å². The zero-order chi connectivity index (χ0) is 16.7. The van der Waals surface area contributed by atoms with Crippen LogP contribution in [0.4, 0.5) is 0 Å². The van der Waals surface area contributed by atoms with Crippen LogP contribution in [0.1, 0.15) is 5.56 Å². The molecule has 0 bridgehead atoms. The Bertz CT molecular complexity index is 437. The van der Waals surface area contributed by atoms with Crippen LogP contribution >= 0.6 is 0 Å². The monoisotopic (exact) mass is 328 g/mol. The minimum atomic E-state index is -0.935. The predicted molar refractivity (Wildman–Crippen MR) is 80.5 cm³/mol. The Morgan fingerprint density at radius 3 is 2.43 bits per heavy atom. The van der Waals surface area contributed by atoms with Gasteiger partial charge in [-0.1, -0.05) is 30.3 Å². The maximum absolute atomic E-state index is 10.3. The molecule has 7 heteroatoms. The van der Waals surface area contributed by atoms with Crippen molar-refractivity contribution in [2.24, 2.45) is 0 Å². The van der Waals surface area contributed by atoms with E-state index in [0.29, 0.717) is 6.61 Å². The van der Waals surface area contributed by atoms with E-state index in [4.69, 9.17) is 23.7 Å². The third kappa shape index (κ3) is 4.95. The highest BCUT2D eigenvalue weighted by atomic mass is 16.8. The largest absolute Gasteiger partial charge is 0.394 e. The fourth-order valence-electron chi connectivity index (χ4n) is 2.42. The van der Waals surface area contributed by atoms with E-state index in [1.54, 1.807) is 0 Å². The number of rotatable bonds is 9. The van der Waals surface area contributed by atoms with Crippen molar-refractivity contribution >= 4 is 0 Å². The fourth-order valence-corrected chi connectivity index (χ4v) is 2.42. The summed E-state index contributed by atoms with van der Waals surface area (Å²) in [5.41, 5.74) is 1.01. The Hall–Kier alpha value is -1.06. The van der Waals surface area contributed by atoms with Crippen LogP contribution in [0.3, 0.4) is 0 Å². The normalized spacial score (nSPS) is 25.9. The van der Waals surface area contributed by atoms with Crippen LogP contribution in [0.25, 0.3) is 0 Å². The SMILES string of the molecule is COC(OC)C1O[C@H]([C@@H](O)COCc2ccccc2)[C@H](CO)O1. The first-order chi connectivity index (χ1) is 11.2. The Morgan fingerprint density at radius 2 is 1.83 bits per heavy atom. The fraction of sp³-hybridized carbons (Fsp3) is 0.625. The average molecular weight is 328 g/mol. The van der Waals surface area contributed by atoms with Gasteiger partial charge < -0.3 is 33.9 Å². The van der Waals surface area contributed by atoms with Crippen LogP contribution in [-0.2, 0) is 30.3 Å². The van der Waals surface area contributed by atoms with Gasteiger partial charge in [0.25, 0.3) is 0 Å². The van der Waals surface area contributed by atoms with Gasteiger partial charge in [0, 0.05) is 14.2 Å². The molecule has 2 rings (SSSR count). The molecule has 0 radical (unpaired) electrons. The van der Waals surface area contributed by atoms with Crippen molar-refractivity contribution in [2.45, 2.75) is 37.5 Å².